The number of nitrogens with one attached hydrogen (secondary N) is 1. The molecule has 1 heterocycles. The largest absolute Gasteiger partial charge is 0.383 e. The fraction of sp³-hybridized carbons (Fsp3) is 0.0952. The maximum atomic E-state index is 12.1. The Morgan fingerprint density at radius 3 is 2.44 bits per heavy atom. The molecule has 6 heteroatoms. The summed E-state index contributed by atoms with van der Waals surface area (Å²) in [5.74, 6) is 0.324. The van der Waals surface area contributed by atoms with E-state index in [1.807, 2.05) is 62.4 Å². The average Bonchev–Trinajstić information content (AvgIpc) is 2.60. The predicted octanol–water partition coefficient (Wildman–Crippen LogP) is 3.58. The number of nitrogen functional groups attached to an aromatic ring is 2. The van der Waals surface area contributed by atoms with Gasteiger partial charge in [0.15, 0.2) is 0 Å². The number of amides is 1. The molecule has 27 heavy (non-hydrogen) atoms. The topological polar surface area (TPSA) is 107 Å². The Kier molecular flexibility index (Phi) is 5.17. The number of nitrogens with zero attached hydrogens (tertiary/aromatic N) is 2. The van der Waals surface area contributed by atoms with Crippen LogP contribution in [0.25, 0.3) is 17.2 Å². The van der Waals surface area contributed by atoms with Crippen molar-refractivity contribution >= 4 is 29.4 Å². The standard InChI is InChI=1S/C21H21N5O/c1-13-4-3-5-17(12-13)25-18(27)11-8-15-6-9-16(10-7-15)19-14(2)24-21(23)26-20(19)22/h3-12H,1-2H3,(H,25,27)(H4,22,23,24,26). The second-order valence-electron chi connectivity index (χ2n) is 6.24. The van der Waals surface area contributed by atoms with Crippen LogP contribution in [-0.2, 0) is 4.79 Å². The molecule has 1 aromatic heterocycles. The third-order valence-electron chi connectivity index (χ3n) is 4.05. The van der Waals surface area contributed by atoms with Crippen LogP contribution in [-0.4, -0.2) is 15.9 Å². The summed E-state index contributed by atoms with van der Waals surface area (Å²) in [6, 6.07) is 15.3. The van der Waals surface area contributed by atoms with Crippen molar-refractivity contribution in [3.05, 3.63) is 71.4 Å². The first-order valence-electron chi connectivity index (χ1n) is 8.48. The van der Waals surface area contributed by atoms with Gasteiger partial charge in [-0.05, 0) is 48.7 Å². The number of carbonyl (C=O) groups is 1. The highest BCUT2D eigenvalue weighted by atomic mass is 16.1. The van der Waals surface area contributed by atoms with E-state index < -0.39 is 0 Å². The molecule has 3 aromatic rings. The van der Waals surface area contributed by atoms with E-state index in [1.54, 1.807) is 6.08 Å². The Hall–Kier alpha value is -3.67. The lowest BCUT2D eigenvalue weighted by Gasteiger charge is -2.09. The van der Waals surface area contributed by atoms with Gasteiger partial charge < -0.3 is 16.8 Å². The van der Waals surface area contributed by atoms with Crippen molar-refractivity contribution in [2.45, 2.75) is 13.8 Å². The van der Waals surface area contributed by atoms with Gasteiger partial charge in [-0.1, -0.05) is 36.4 Å². The molecular weight excluding hydrogens is 338 g/mol. The third-order valence-corrected chi connectivity index (χ3v) is 4.05. The van der Waals surface area contributed by atoms with E-state index in [2.05, 4.69) is 15.3 Å². The van der Waals surface area contributed by atoms with Crippen LogP contribution in [0.4, 0.5) is 17.5 Å². The summed E-state index contributed by atoms with van der Waals surface area (Å²) in [6.07, 6.45) is 3.26. The summed E-state index contributed by atoms with van der Waals surface area (Å²) in [5.41, 5.74) is 16.7. The van der Waals surface area contributed by atoms with Gasteiger partial charge in [0.05, 0.1) is 5.69 Å². The van der Waals surface area contributed by atoms with E-state index >= 15 is 0 Å². The van der Waals surface area contributed by atoms with Crippen LogP contribution in [0.5, 0.6) is 0 Å². The fourth-order valence-corrected chi connectivity index (χ4v) is 2.81. The van der Waals surface area contributed by atoms with Crippen molar-refractivity contribution in [3.8, 4) is 11.1 Å². The van der Waals surface area contributed by atoms with Crippen LogP contribution in [0.15, 0.2) is 54.6 Å². The van der Waals surface area contributed by atoms with E-state index in [-0.39, 0.29) is 11.9 Å². The fourth-order valence-electron chi connectivity index (χ4n) is 2.81. The van der Waals surface area contributed by atoms with Gasteiger partial charge in [-0.2, -0.15) is 4.98 Å². The van der Waals surface area contributed by atoms with Gasteiger partial charge in [0, 0.05) is 17.3 Å². The summed E-state index contributed by atoms with van der Waals surface area (Å²) in [4.78, 5) is 20.2. The summed E-state index contributed by atoms with van der Waals surface area (Å²) in [6.45, 7) is 3.82. The highest BCUT2D eigenvalue weighted by molar-refractivity contribution is 6.02. The van der Waals surface area contributed by atoms with Gasteiger partial charge in [-0.3, -0.25) is 4.79 Å². The molecule has 1 amide bonds. The average molecular weight is 359 g/mol. The molecule has 0 bridgehead atoms. The van der Waals surface area contributed by atoms with Gasteiger partial charge in [0.2, 0.25) is 11.9 Å². The molecule has 0 saturated carbocycles. The van der Waals surface area contributed by atoms with Gasteiger partial charge in [0.1, 0.15) is 5.82 Å². The van der Waals surface area contributed by atoms with Gasteiger partial charge >= 0.3 is 0 Å². The first-order valence-corrected chi connectivity index (χ1v) is 8.48. The van der Waals surface area contributed by atoms with Crippen LogP contribution in [0.3, 0.4) is 0 Å². The first-order chi connectivity index (χ1) is 12.9. The van der Waals surface area contributed by atoms with Gasteiger partial charge in [0.25, 0.3) is 0 Å². The Labute approximate surface area is 158 Å². The second-order valence-corrected chi connectivity index (χ2v) is 6.24. The maximum Gasteiger partial charge on any atom is 0.248 e. The van der Waals surface area contributed by atoms with E-state index in [1.165, 1.54) is 6.08 Å². The van der Waals surface area contributed by atoms with Crippen molar-refractivity contribution in [1.29, 1.82) is 0 Å². The lowest BCUT2D eigenvalue weighted by Crippen LogP contribution is -2.07. The van der Waals surface area contributed by atoms with Crippen LogP contribution >= 0.6 is 0 Å². The third kappa shape index (κ3) is 4.49. The minimum absolute atomic E-state index is 0.160. The first kappa shape index (κ1) is 18.1. The SMILES string of the molecule is Cc1cccc(NC(=O)C=Cc2ccc(-c3c(C)nc(N)nc3N)cc2)c1. The van der Waals surface area contributed by atoms with E-state index in [9.17, 15) is 4.79 Å². The Morgan fingerprint density at radius 1 is 1.04 bits per heavy atom. The molecule has 3 rings (SSSR count). The molecule has 0 saturated heterocycles. The number of rotatable bonds is 4. The van der Waals surface area contributed by atoms with E-state index in [0.29, 0.717) is 5.82 Å². The van der Waals surface area contributed by atoms with Crippen molar-refractivity contribution < 1.29 is 4.79 Å². The molecule has 0 aliphatic heterocycles. The number of anilines is 3. The van der Waals surface area contributed by atoms with Crippen LogP contribution in [0.2, 0.25) is 0 Å². The lowest BCUT2D eigenvalue weighted by atomic mass is 10.0. The van der Waals surface area contributed by atoms with Crippen molar-refractivity contribution in [3.63, 3.8) is 0 Å². The van der Waals surface area contributed by atoms with Crippen LogP contribution < -0.4 is 16.8 Å². The van der Waals surface area contributed by atoms with Crippen molar-refractivity contribution in [1.82, 2.24) is 9.97 Å². The molecule has 5 N–H and O–H groups in total. The molecule has 2 aromatic carbocycles. The quantitative estimate of drug-likeness (QED) is 0.617. The van der Waals surface area contributed by atoms with Gasteiger partial charge in [-0.25, -0.2) is 4.98 Å². The van der Waals surface area contributed by atoms with Gasteiger partial charge in [-0.15, -0.1) is 0 Å². The van der Waals surface area contributed by atoms with Crippen molar-refractivity contribution in [2.75, 3.05) is 16.8 Å². The summed E-state index contributed by atoms with van der Waals surface area (Å²) < 4.78 is 0. The molecule has 0 unspecified atom stereocenters. The molecule has 0 fully saturated rings. The predicted molar refractivity (Wildman–Crippen MR) is 110 cm³/mol. The molecule has 0 atom stereocenters. The monoisotopic (exact) mass is 359 g/mol. The van der Waals surface area contributed by atoms with Crippen molar-refractivity contribution in [2.24, 2.45) is 0 Å². The normalized spacial score (nSPS) is 10.9. The number of nitrogens with two attached hydrogens (primary N) is 2. The Balaban J connectivity index is 1.72. The number of aromatic nitrogens is 2. The Bertz CT molecular complexity index is 986. The zero-order valence-corrected chi connectivity index (χ0v) is 15.2. The lowest BCUT2D eigenvalue weighted by molar-refractivity contribution is -0.111. The summed E-state index contributed by atoms with van der Waals surface area (Å²) in [7, 11) is 0. The zero-order valence-electron chi connectivity index (χ0n) is 15.2. The van der Waals surface area contributed by atoms with Crippen LogP contribution in [0, 0.1) is 13.8 Å². The highest BCUT2D eigenvalue weighted by Gasteiger charge is 2.10. The number of hydrogen-bond donors (Lipinski definition) is 3. The summed E-state index contributed by atoms with van der Waals surface area (Å²) >= 11 is 0. The second kappa shape index (κ2) is 7.70. The number of carbonyl (C=O) groups excluding carboxylic acids is 1. The molecule has 136 valence electrons. The number of aryl methyl sites for hydroxylation is 2. The van der Waals surface area contributed by atoms with E-state index in [0.717, 1.165) is 33.6 Å². The highest BCUT2D eigenvalue weighted by Crippen LogP contribution is 2.28. The molecule has 0 aliphatic rings. The molecule has 0 spiro atoms. The molecular formula is C21H21N5O. The van der Waals surface area contributed by atoms with E-state index in [4.69, 9.17) is 11.5 Å². The smallest absolute Gasteiger partial charge is 0.248 e. The molecule has 0 radical (unpaired) electrons. The number of hydrogen-bond acceptors (Lipinski definition) is 5. The Morgan fingerprint density at radius 2 is 1.78 bits per heavy atom. The minimum Gasteiger partial charge on any atom is -0.383 e. The molecule has 6 nitrogen and oxygen atoms in total. The summed E-state index contributed by atoms with van der Waals surface area (Å²) in [5, 5.41) is 2.84. The van der Waals surface area contributed by atoms with Crippen LogP contribution in [0.1, 0.15) is 16.8 Å². The maximum absolute atomic E-state index is 12.1. The zero-order chi connectivity index (χ0) is 19.4. The molecule has 0 aliphatic carbocycles. The number of benzene rings is 2. The minimum atomic E-state index is -0.184.